The van der Waals surface area contributed by atoms with Gasteiger partial charge in [0.1, 0.15) is 6.04 Å². The third kappa shape index (κ3) is 6.63. The number of carbonyl (C=O) groups is 3. The molecule has 0 aromatic carbocycles. The van der Waals surface area contributed by atoms with Crippen LogP contribution in [0.3, 0.4) is 0 Å². The molecule has 3 amide bonds. The molecule has 16 heavy (non-hydrogen) atoms. The highest BCUT2D eigenvalue weighted by Gasteiger charge is 2.19. The summed E-state index contributed by atoms with van der Waals surface area (Å²) in [7, 11) is 0. The van der Waals surface area contributed by atoms with Gasteiger partial charge in [-0.25, -0.2) is 9.59 Å². The summed E-state index contributed by atoms with van der Waals surface area (Å²) < 4.78 is 0. The summed E-state index contributed by atoms with van der Waals surface area (Å²) in [5, 5.41) is 13.5. The molecule has 0 rings (SSSR count). The Bertz CT molecular complexity index is 267. The SMILES string of the molecule is CCCNC(=O)N[C@@H](CCC(N)=O)C(=O)O. The van der Waals surface area contributed by atoms with Gasteiger partial charge in [-0.15, -0.1) is 0 Å². The van der Waals surface area contributed by atoms with Crippen molar-refractivity contribution in [2.45, 2.75) is 32.2 Å². The van der Waals surface area contributed by atoms with E-state index in [1.807, 2.05) is 6.92 Å². The number of hydrogen-bond acceptors (Lipinski definition) is 3. The van der Waals surface area contributed by atoms with Gasteiger partial charge in [0, 0.05) is 13.0 Å². The van der Waals surface area contributed by atoms with Crippen LogP contribution >= 0.6 is 0 Å². The van der Waals surface area contributed by atoms with Crippen LogP contribution in [0.1, 0.15) is 26.2 Å². The second-order valence-electron chi connectivity index (χ2n) is 3.30. The van der Waals surface area contributed by atoms with Crippen molar-refractivity contribution in [2.24, 2.45) is 5.73 Å². The second kappa shape index (κ2) is 7.49. The highest BCUT2D eigenvalue weighted by atomic mass is 16.4. The number of carboxylic acids is 1. The fraction of sp³-hybridized carbons (Fsp3) is 0.667. The van der Waals surface area contributed by atoms with Gasteiger partial charge in [-0.2, -0.15) is 0 Å². The van der Waals surface area contributed by atoms with Crippen LogP contribution in [0.2, 0.25) is 0 Å². The van der Waals surface area contributed by atoms with E-state index in [0.717, 1.165) is 6.42 Å². The number of hydrogen-bond donors (Lipinski definition) is 4. The zero-order valence-electron chi connectivity index (χ0n) is 9.16. The normalized spacial score (nSPS) is 11.6. The molecule has 0 aliphatic carbocycles. The molecule has 0 aromatic rings. The van der Waals surface area contributed by atoms with E-state index in [4.69, 9.17) is 10.8 Å². The number of carbonyl (C=O) groups excluding carboxylic acids is 2. The van der Waals surface area contributed by atoms with E-state index in [2.05, 4.69) is 10.6 Å². The number of nitrogens with one attached hydrogen (secondary N) is 2. The maximum atomic E-state index is 11.2. The second-order valence-corrected chi connectivity index (χ2v) is 3.30. The monoisotopic (exact) mass is 231 g/mol. The first kappa shape index (κ1) is 14.2. The Morgan fingerprint density at radius 1 is 1.38 bits per heavy atom. The molecule has 92 valence electrons. The number of aliphatic carboxylic acids is 1. The average molecular weight is 231 g/mol. The summed E-state index contributed by atoms with van der Waals surface area (Å²) in [4.78, 5) is 32.4. The third-order valence-electron chi connectivity index (χ3n) is 1.82. The van der Waals surface area contributed by atoms with Gasteiger partial charge < -0.3 is 21.5 Å². The maximum Gasteiger partial charge on any atom is 0.326 e. The number of amides is 3. The Balaban J connectivity index is 4.07. The Morgan fingerprint density at radius 2 is 2.00 bits per heavy atom. The van der Waals surface area contributed by atoms with Gasteiger partial charge in [-0.3, -0.25) is 4.79 Å². The molecule has 0 heterocycles. The Labute approximate surface area is 93.4 Å². The van der Waals surface area contributed by atoms with Gasteiger partial charge >= 0.3 is 12.0 Å². The van der Waals surface area contributed by atoms with Crippen LogP contribution in [0, 0.1) is 0 Å². The Morgan fingerprint density at radius 3 is 2.44 bits per heavy atom. The topological polar surface area (TPSA) is 122 Å². The third-order valence-corrected chi connectivity index (χ3v) is 1.82. The minimum absolute atomic E-state index is 0.00971. The van der Waals surface area contributed by atoms with Crippen molar-refractivity contribution < 1.29 is 19.5 Å². The lowest BCUT2D eigenvalue weighted by molar-refractivity contribution is -0.139. The minimum Gasteiger partial charge on any atom is -0.480 e. The van der Waals surface area contributed by atoms with Crippen molar-refractivity contribution in [1.82, 2.24) is 10.6 Å². The van der Waals surface area contributed by atoms with E-state index < -0.39 is 23.9 Å². The smallest absolute Gasteiger partial charge is 0.326 e. The van der Waals surface area contributed by atoms with Crippen molar-refractivity contribution in [3.05, 3.63) is 0 Å². The predicted octanol–water partition coefficient (Wildman–Crippen LogP) is -0.586. The minimum atomic E-state index is -1.19. The largest absolute Gasteiger partial charge is 0.480 e. The zero-order chi connectivity index (χ0) is 12.6. The van der Waals surface area contributed by atoms with Gasteiger partial charge in [0.15, 0.2) is 0 Å². The molecular weight excluding hydrogens is 214 g/mol. The molecule has 0 fully saturated rings. The fourth-order valence-corrected chi connectivity index (χ4v) is 0.992. The van der Waals surface area contributed by atoms with Gasteiger partial charge in [0.25, 0.3) is 0 Å². The van der Waals surface area contributed by atoms with E-state index in [1.165, 1.54) is 0 Å². The predicted molar refractivity (Wildman–Crippen MR) is 56.7 cm³/mol. The molecule has 0 aliphatic rings. The van der Waals surface area contributed by atoms with Crippen LogP contribution in [0.25, 0.3) is 0 Å². The number of nitrogens with two attached hydrogens (primary N) is 1. The molecule has 7 heteroatoms. The van der Waals surface area contributed by atoms with Crippen molar-refractivity contribution >= 4 is 17.9 Å². The quantitative estimate of drug-likeness (QED) is 0.468. The van der Waals surface area contributed by atoms with Crippen LogP contribution in [0.5, 0.6) is 0 Å². The van der Waals surface area contributed by atoms with Crippen LogP contribution in [-0.2, 0) is 9.59 Å². The molecule has 0 saturated carbocycles. The number of primary amides is 1. The molecule has 0 aliphatic heterocycles. The molecule has 0 saturated heterocycles. The number of urea groups is 1. The first-order valence-corrected chi connectivity index (χ1v) is 5.02. The van der Waals surface area contributed by atoms with Gasteiger partial charge in [-0.05, 0) is 12.8 Å². The summed E-state index contributed by atoms with van der Waals surface area (Å²) in [5.74, 6) is -1.78. The number of rotatable bonds is 7. The summed E-state index contributed by atoms with van der Waals surface area (Å²) in [5.41, 5.74) is 4.89. The fourth-order valence-electron chi connectivity index (χ4n) is 0.992. The van der Waals surface area contributed by atoms with E-state index in [-0.39, 0.29) is 12.8 Å². The lowest BCUT2D eigenvalue weighted by Gasteiger charge is -2.13. The number of carboxylic acid groups (broad SMARTS) is 1. The molecule has 0 unspecified atom stereocenters. The lowest BCUT2D eigenvalue weighted by Crippen LogP contribution is -2.46. The molecule has 5 N–H and O–H groups in total. The van der Waals surface area contributed by atoms with Crippen LogP contribution in [0.15, 0.2) is 0 Å². The molecule has 1 atom stereocenters. The molecule has 0 bridgehead atoms. The van der Waals surface area contributed by atoms with E-state index >= 15 is 0 Å². The summed E-state index contributed by atoms with van der Waals surface area (Å²) in [6, 6.07) is -1.65. The molecule has 0 radical (unpaired) electrons. The highest BCUT2D eigenvalue weighted by molar-refractivity contribution is 5.83. The van der Waals surface area contributed by atoms with Crippen molar-refractivity contribution in [1.29, 1.82) is 0 Å². The molecule has 0 spiro atoms. The first-order chi connectivity index (χ1) is 7.47. The summed E-state index contributed by atoms with van der Waals surface area (Å²) >= 11 is 0. The van der Waals surface area contributed by atoms with Crippen LogP contribution < -0.4 is 16.4 Å². The Kier molecular flexibility index (Phi) is 6.66. The van der Waals surface area contributed by atoms with E-state index in [1.54, 1.807) is 0 Å². The standard InChI is InChI=1S/C9H17N3O4/c1-2-5-11-9(16)12-6(8(14)15)3-4-7(10)13/h6H,2-5H2,1H3,(H2,10,13)(H,14,15)(H2,11,12,16)/t6-/m0/s1. The summed E-state index contributed by atoms with van der Waals surface area (Å²) in [6.45, 7) is 2.34. The molecule has 0 aromatic heterocycles. The average Bonchev–Trinajstić information content (AvgIpc) is 2.20. The summed E-state index contributed by atoms with van der Waals surface area (Å²) in [6.07, 6.45) is 0.668. The highest BCUT2D eigenvalue weighted by Crippen LogP contribution is 1.97. The van der Waals surface area contributed by atoms with Crippen molar-refractivity contribution in [3.63, 3.8) is 0 Å². The van der Waals surface area contributed by atoms with E-state index in [9.17, 15) is 14.4 Å². The maximum absolute atomic E-state index is 11.2. The van der Waals surface area contributed by atoms with Gasteiger partial charge in [-0.1, -0.05) is 6.92 Å². The van der Waals surface area contributed by atoms with Crippen LogP contribution in [0.4, 0.5) is 4.79 Å². The lowest BCUT2D eigenvalue weighted by atomic mass is 10.1. The molecule has 7 nitrogen and oxygen atoms in total. The molecular formula is C9H17N3O4. The van der Waals surface area contributed by atoms with Gasteiger partial charge in [0.05, 0.1) is 0 Å². The zero-order valence-corrected chi connectivity index (χ0v) is 9.16. The van der Waals surface area contributed by atoms with Crippen molar-refractivity contribution in [2.75, 3.05) is 6.54 Å². The first-order valence-electron chi connectivity index (χ1n) is 5.02. The van der Waals surface area contributed by atoms with Crippen molar-refractivity contribution in [3.8, 4) is 0 Å². The van der Waals surface area contributed by atoms with E-state index in [0.29, 0.717) is 6.54 Å². The Hall–Kier alpha value is -1.79. The van der Waals surface area contributed by atoms with Gasteiger partial charge in [0.2, 0.25) is 5.91 Å². The van der Waals surface area contributed by atoms with Crippen LogP contribution in [-0.4, -0.2) is 35.6 Å².